The van der Waals surface area contributed by atoms with Crippen LogP contribution in [0.1, 0.15) is 12.0 Å². The molecule has 4 nitrogen and oxygen atoms in total. The highest BCUT2D eigenvalue weighted by Crippen LogP contribution is 2.24. The minimum absolute atomic E-state index is 0.0672. The molecular formula is C18H18N2O2. The van der Waals surface area contributed by atoms with Gasteiger partial charge in [0.05, 0.1) is 6.54 Å². The van der Waals surface area contributed by atoms with Crippen LogP contribution in [-0.2, 0) is 4.79 Å². The molecule has 0 radical (unpaired) electrons. The normalized spacial score (nSPS) is 13.4. The first-order valence-electron chi connectivity index (χ1n) is 7.32. The van der Waals surface area contributed by atoms with E-state index in [9.17, 15) is 9.90 Å². The van der Waals surface area contributed by atoms with Crippen LogP contribution in [-0.4, -0.2) is 24.1 Å². The summed E-state index contributed by atoms with van der Waals surface area (Å²) in [5.74, 6) is 0.118. The number of anilines is 2. The highest BCUT2D eigenvalue weighted by molar-refractivity contribution is 5.94. The number of nitrogens with one attached hydrogen (secondary N) is 1. The van der Waals surface area contributed by atoms with E-state index in [1.807, 2.05) is 18.2 Å². The molecule has 112 valence electrons. The van der Waals surface area contributed by atoms with E-state index in [-0.39, 0.29) is 11.7 Å². The quantitative estimate of drug-likeness (QED) is 0.854. The number of aromatic hydroxyl groups is 1. The zero-order chi connectivity index (χ0) is 15.4. The van der Waals surface area contributed by atoms with E-state index in [0.29, 0.717) is 12.2 Å². The predicted molar refractivity (Wildman–Crippen MR) is 89.0 cm³/mol. The van der Waals surface area contributed by atoms with Gasteiger partial charge in [-0.1, -0.05) is 30.4 Å². The standard InChI is InChI=1S/C18H18N2O2/c21-16-10-8-15(9-11-16)19-18(22)13-20-12-4-3-6-14-5-1-2-7-17(14)20/h1-3,5-11,21H,4,12-13H2,(H,19,22). The van der Waals surface area contributed by atoms with E-state index >= 15 is 0 Å². The van der Waals surface area contributed by atoms with Crippen molar-refractivity contribution >= 4 is 23.4 Å². The average Bonchev–Trinajstić information content (AvgIpc) is 2.72. The molecule has 0 saturated carbocycles. The van der Waals surface area contributed by atoms with Gasteiger partial charge in [-0.25, -0.2) is 0 Å². The topological polar surface area (TPSA) is 52.6 Å². The molecule has 2 aromatic carbocycles. The summed E-state index contributed by atoms with van der Waals surface area (Å²) < 4.78 is 0. The minimum Gasteiger partial charge on any atom is -0.508 e. The molecule has 0 unspecified atom stereocenters. The Morgan fingerprint density at radius 3 is 2.73 bits per heavy atom. The lowest BCUT2D eigenvalue weighted by molar-refractivity contribution is -0.115. The highest BCUT2D eigenvalue weighted by atomic mass is 16.3. The molecule has 0 atom stereocenters. The molecule has 0 bridgehead atoms. The molecule has 22 heavy (non-hydrogen) atoms. The Morgan fingerprint density at radius 1 is 1.14 bits per heavy atom. The van der Waals surface area contributed by atoms with Gasteiger partial charge in [-0.2, -0.15) is 0 Å². The molecule has 0 aromatic heterocycles. The van der Waals surface area contributed by atoms with Gasteiger partial charge in [-0.05, 0) is 42.3 Å². The van der Waals surface area contributed by atoms with Gasteiger partial charge in [0.2, 0.25) is 5.91 Å². The molecule has 3 rings (SSSR count). The van der Waals surface area contributed by atoms with E-state index in [1.165, 1.54) is 0 Å². The fourth-order valence-electron chi connectivity index (χ4n) is 2.56. The number of fused-ring (bicyclic) bond motifs is 1. The molecule has 4 heteroatoms. The van der Waals surface area contributed by atoms with Gasteiger partial charge < -0.3 is 15.3 Å². The molecule has 2 N–H and O–H groups in total. The van der Waals surface area contributed by atoms with Crippen LogP contribution < -0.4 is 10.2 Å². The van der Waals surface area contributed by atoms with Crippen molar-refractivity contribution in [3.8, 4) is 5.75 Å². The number of amides is 1. The number of benzene rings is 2. The Bertz CT molecular complexity index is 692. The number of carbonyl (C=O) groups is 1. The smallest absolute Gasteiger partial charge is 0.243 e. The third-order valence-electron chi connectivity index (χ3n) is 3.63. The number of phenolic OH excluding ortho intramolecular Hbond substituents is 1. The molecule has 2 aromatic rings. The number of carbonyl (C=O) groups excluding carboxylic acids is 1. The zero-order valence-electron chi connectivity index (χ0n) is 12.2. The van der Waals surface area contributed by atoms with Gasteiger partial charge in [0.1, 0.15) is 5.75 Å². The van der Waals surface area contributed by atoms with Crippen molar-refractivity contribution in [1.82, 2.24) is 0 Å². The van der Waals surface area contributed by atoms with Crippen molar-refractivity contribution in [3.05, 3.63) is 60.2 Å². The number of phenols is 1. The SMILES string of the molecule is O=C(CN1CCC=Cc2ccccc21)Nc1ccc(O)cc1. The number of hydrogen-bond acceptors (Lipinski definition) is 3. The number of para-hydroxylation sites is 1. The maximum absolute atomic E-state index is 12.3. The molecule has 1 amide bonds. The fourth-order valence-corrected chi connectivity index (χ4v) is 2.56. The van der Waals surface area contributed by atoms with Crippen molar-refractivity contribution < 1.29 is 9.90 Å². The highest BCUT2D eigenvalue weighted by Gasteiger charge is 2.15. The van der Waals surface area contributed by atoms with E-state index in [2.05, 4.69) is 28.4 Å². The Hall–Kier alpha value is -2.75. The minimum atomic E-state index is -0.0672. The Labute approximate surface area is 129 Å². The maximum Gasteiger partial charge on any atom is 0.243 e. The van der Waals surface area contributed by atoms with Gasteiger partial charge in [-0.15, -0.1) is 0 Å². The first kappa shape index (κ1) is 14.2. The molecule has 1 heterocycles. The number of nitrogens with zero attached hydrogens (tertiary/aromatic N) is 1. The lowest BCUT2D eigenvalue weighted by atomic mass is 10.1. The molecule has 0 saturated heterocycles. The zero-order valence-corrected chi connectivity index (χ0v) is 12.2. The Balaban J connectivity index is 1.70. The molecule has 0 fully saturated rings. The summed E-state index contributed by atoms with van der Waals surface area (Å²) in [5.41, 5.74) is 2.90. The van der Waals surface area contributed by atoms with Crippen molar-refractivity contribution in [2.75, 3.05) is 23.3 Å². The monoisotopic (exact) mass is 294 g/mol. The predicted octanol–water partition coefficient (Wildman–Crippen LogP) is 3.25. The summed E-state index contributed by atoms with van der Waals surface area (Å²) in [7, 11) is 0. The van der Waals surface area contributed by atoms with E-state index in [1.54, 1.807) is 24.3 Å². The van der Waals surface area contributed by atoms with E-state index in [0.717, 1.165) is 24.2 Å². The lowest BCUT2D eigenvalue weighted by Crippen LogP contribution is -2.34. The first-order chi connectivity index (χ1) is 10.7. The summed E-state index contributed by atoms with van der Waals surface area (Å²) >= 11 is 0. The summed E-state index contributed by atoms with van der Waals surface area (Å²) in [5, 5.41) is 12.1. The number of rotatable bonds is 3. The van der Waals surface area contributed by atoms with Gasteiger partial charge in [0.15, 0.2) is 0 Å². The van der Waals surface area contributed by atoms with Crippen LogP contribution in [0.3, 0.4) is 0 Å². The molecule has 0 aliphatic carbocycles. The molecule has 0 spiro atoms. The van der Waals surface area contributed by atoms with Crippen LogP contribution >= 0.6 is 0 Å². The first-order valence-corrected chi connectivity index (χ1v) is 7.32. The fraction of sp³-hybridized carbons (Fsp3) is 0.167. The largest absolute Gasteiger partial charge is 0.508 e. The third-order valence-corrected chi connectivity index (χ3v) is 3.63. The van der Waals surface area contributed by atoms with Crippen LogP contribution in [0.2, 0.25) is 0 Å². The summed E-state index contributed by atoms with van der Waals surface area (Å²) in [4.78, 5) is 14.3. The number of hydrogen-bond donors (Lipinski definition) is 2. The second-order valence-corrected chi connectivity index (χ2v) is 5.27. The summed E-state index contributed by atoms with van der Waals surface area (Å²) in [6.45, 7) is 1.12. The van der Waals surface area contributed by atoms with Gasteiger partial charge in [-0.3, -0.25) is 4.79 Å². The lowest BCUT2D eigenvalue weighted by Gasteiger charge is -2.24. The van der Waals surface area contributed by atoms with Crippen molar-refractivity contribution in [3.63, 3.8) is 0 Å². The summed E-state index contributed by atoms with van der Waals surface area (Å²) in [6.07, 6.45) is 5.16. The van der Waals surface area contributed by atoms with Crippen LogP contribution in [0.15, 0.2) is 54.6 Å². The van der Waals surface area contributed by atoms with Gasteiger partial charge in [0, 0.05) is 17.9 Å². The van der Waals surface area contributed by atoms with Crippen LogP contribution in [0.25, 0.3) is 6.08 Å². The van der Waals surface area contributed by atoms with Crippen LogP contribution in [0.5, 0.6) is 5.75 Å². The van der Waals surface area contributed by atoms with Crippen LogP contribution in [0.4, 0.5) is 11.4 Å². The van der Waals surface area contributed by atoms with Gasteiger partial charge >= 0.3 is 0 Å². The Morgan fingerprint density at radius 2 is 1.91 bits per heavy atom. The average molecular weight is 294 g/mol. The second kappa shape index (κ2) is 6.35. The van der Waals surface area contributed by atoms with Crippen molar-refractivity contribution in [1.29, 1.82) is 0 Å². The van der Waals surface area contributed by atoms with Crippen LogP contribution in [0, 0.1) is 0 Å². The molecule has 1 aliphatic heterocycles. The summed E-state index contributed by atoms with van der Waals surface area (Å²) in [6, 6.07) is 14.6. The second-order valence-electron chi connectivity index (χ2n) is 5.27. The Kier molecular flexibility index (Phi) is 4.10. The van der Waals surface area contributed by atoms with Crippen molar-refractivity contribution in [2.45, 2.75) is 6.42 Å². The third kappa shape index (κ3) is 3.28. The molecular weight excluding hydrogens is 276 g/mol. The van der Waals surface area contributed by atoms with E-state index < -0.39 is 0 Å². The molecule has 1 aliphatic rings. The van der Waals surface area contributed by atoms with Crippen molar-refractivity contribution in [2.24, 2.45) is 0 Å². The maximum atomic E-state index is 12.3. The van der Waals surface area contributed by atoms with E-state index in [4.69, 9.17) is 0 Å². The van der Waals surface area contributed by atoms with Gasteiger partial charge in [0.25, 0.3) is 0 Å².